The van der Waals surface area contributed by atoms with Crippen LogP contribution in [-0.4, -0.2) is 26.2 Å². The van der Waals surface area contributed by atoms with E-state index in [-0.39, 0.29) is 11.9 Å². The van der Waals surface area contributed by atoms with Gasteiger partial charge in [0.1, 0.15) is 0 Å². The minimum Gasteiger partial charge on any atom is -0.469 e. The van der Waals surface area contributed by atoms with E-state index in [0.717, 1.165) is 31.5 Å². The number of esters is 1. The maximum atomic E-state index is 12.0. The summed E-state index contributed by atoms with van der Waals surface area (Å²) in [4.78, 5) is 12.0. The summed E-state index contributed by atoms with van der Waals surface area (Å²) in [6.07, 6.45) is 2.15. The number of halogens is 1. The van der Waals surface area contributed by atoms with Crippen molar-refractivity contribution in [3.8, 4) is 0 Å². The van der Waals surface area contributed by atoms with Crippen molar-refractivity contribution in [1.29, 1.82) is 0 Å². The predicted octanol–water partition coefficient (Wildman–Crippen LogP) is 2.60. The highest BCUT2D eigenvalue weighted by molar-refractivity contribution is 6.30. The molecule has 2 rings (SSSR count). The maximum absolute atomic E-state index is 12.0. The first-order chi connectivity index (χ1) is 8.72. The summed E-state index contributed by atoms with van der Waals surface area (Å²) in [5.74, 6) is -0.0570. The lowest BCUT2D eigenvalue weighted by atomic mass is 9.81. The van der Waals surface area contributed by atoms with Crippen LogP contribution in [0.2, 0.25) is 5.02 Å². The Morgan fingerprint density at radius 2 is 2.17 bits per heavy atom. The van der Waals surface area contributed by atoms with Gasteiger partial charge in [0.2, 0.25) is 0 Å². The standard InChI is InChI=1S/C14H18ClNO2/c1-18-14(17)13(11-3-2-8-16-9-11)10-4-6-12(15)7-5-10/h4-7,11,13,16H,2-3,8-9H2,1H3. The molecule has 4 heteroatoms. The number of rotatable bonds is 3. The molecule has 0 spiro atoms. The highest BCUT2D eigenvalue weighted by Crippen LogP contribution is 2.31. The van der Waals surface area contributed by atoms with Gasteiger partial charge in [-0.15, -0.1) is 0 Å². The number of piperidine rings is 1. The zero-order valence-corrected chi connectivity index (χ0v) is 11.2. The van der Waals surface area contributed by atoms with Crippen LogP contribution in [0.5, 0.6) is 0 Å². The molecule has 1 aliphatic heterocycles. The van der Waals surface area contributed by atoms with Crippen LogP contribution in [0.25, 0.3) is 0 Å². The Hall–Kier alpha value is -1.06. The molecular weight excluding hydrogens is 250 g/mol. The number of nitrogens with one attached hydrogen (secondary N) is 1. The Bertz CT molecular complexity index is 399. The second-order valence-electron chi connectivity index (χ2n) is 4.66. The minimum absolute atomic E-state index is 0.161. The summed E-state index contributed by atoms with van der Waals surface area (Å²) in [6, 6.07) is 7.48. The Labute approximate surface area is 112 Å². The van der Waals surface area contributed by atoms with Crippen LogP contribution in [0.4, 0.5) is 0 Å². The molecule has 0 aromatic heterocycles. The highest BCUT2D eigenvalue weighted by atomic mass is 35.5. The SMILES string of the molecule is COC(=O)C(c1ccc(Cl)cc1)C1CCCNC1. The summed E-state index contributed by atoms with van der Waals surface area (Å²) >= 11 is 5.89. The third kappa shape index (κ3) is 3.03. The number of methoxy groups -OCH3 is 1. The fourth-order valence-electron chi connectivity index (χ4n) is 2.56. The van der Waals surface area contributed by atoms with Gasteiger partial charge >= 0.3 is 5.97 Å². The van der Waals surface area contributed by atoms with Crippen LogP contribution in [0.3, 0.4) is 0 Å². The van der Waals surface area contributed by atoms with Crippen LogP contribution in [0.1, 0.15) is 24.3 Å². The van der Waals surface area contributed by atoms with Crippen LogP contribution < -0.4 is 5.32 Å². The Morgan fingerprint density at radius 1 is 1.44 bits per heavy atom. The lowest BCUT2D eigenvalue weighted by Gasteiger charge is -2.29. The number of hydrogen-bond donors (Lipinski definition) is 1. The van der Waals surface area contributed by atoms with Crippen molar-refractivity contribution < 1.29 is 9.53 Å². The summed E-state index contributed by atoms with van der Waals surface area (Å²) in [5, 5.41) is 4.03. The minimum atomic E-state index is -0.194. The summed E-state index contributed by atoms with van der Waals surface area (Å²) < 4.78 is 4.95. The fraction of sp³-hybridized carbons (Fsp3) is 0.500. The number of benzene rings is 1. The molecule has 0 amide bonds. The topological polar surface area (TPSA) is 38.3 Å². The van der Waals surface area contributed by atoms with Crippen LogP contribution in [-0.2, 0) is 9.53 Å². The zero-order valence-electron chi connectivity index (χ0n) is 10.5. The molecule has 0 aliphatic carbocycles. The molecule has 3 nitrogen and oxygen atoms in total. The van der Waals surface area contributed by atoms with Crippen molar-refractivity contribution in [3.05, 3.63) is 34.9 Å². The van der Waals surface area contributed by atoms with E-state index in [4.69, 9.17) is 16.3 Å². The molecule has 2 unspecified atom stereocenters. The monoisotopic (exact) mass is 267 g/mol. The average molecular weight is 268 g/mol. The second kappa shape index (κ2) is 6.21. The van der Waals surface area contributed by atoms with E-state index in [1.54, 1.807) is 0 Å². The highest BCUT2D eigenvalue weighted by Gasteiger charge is 2.31. The molecular formula is C14H18ClNO2. The maximum Gasteiger partial charge on any atom is 0.313 e. The largest absolute Gasteiger partial charge is 0.469 e. The molecule has 2 atom stereocenters. The van der Waals surface area contributed by atoms with E-state index in [1.807, 2.05) is 24.3 Å². The molecule has 1 aliphatic rings. The average Bonchev–Trinajstić information content (AvgIpc) is 2.42. The molecule has 98 valence electrons. The number of carbonyl (C=O) groups excluding carboxylic acids is 1. The van der Waals surface area contributed by atoms with E-state index >= 15 is 0 Å². The quantitative estimate of drug-likeness (QED) is 0.856. The van der Waals surface area contributed by atoms with E-state index in [9.17, 15) is 4.79 Å². The smallest absolute Gasteiger partial charge is 0.313 e. The van der Waals surface area contributed by atoms with Crippen molar-refractivity contribution in [3.63, 3.8) is 0 Å². The third-order valence-electron chi connectivity index (χ3n) is 3.49. The molecule has 1 fully saturated rings. The van der Waals surface area contributed by atoms with E-state index < -0.39 is 0 Å². The number of hydrogen-bond acceptors (Lipinski definition) is 3. The van der Waals surface area contributed by atoms with Gasteiger partial charge in [0.25, 0.3) is 0 Å². The molecule has 1 heterocycles. The predicted molar refractivity (Wildman–Crippen MR) is 71.8 cm³/mol. The van der Waals surface area contributed by atoms with Gasteiger partial charge in [-0.25, -0.2) is 0 Å². The first-order valence-corrected chi connectivity index (χ1v) is 6.64. The third-order valence-corrected chi connectivity index (χ3v) is 3.74. The first kappa shape index (κ1) is 13.4. The molecule has 0 saturated carbocycles. The van der Waals surface area contributed by atoms with Gasteiger partial charge in [0.05, 0.1) is 13.0 Å². The summed E-state index contributed by atoms with van der Waals surface area (Å²) in [7, 11) is 1.45. The molecule has 18 heavy (non-hydrogen) atoms. The molecule has 0 radical (unpaired) electrons. The van der Waals surface area contributed by atoms with Crippen LogP contribution >= 0.6 is 11.6 Å². The van der Waals surface area contributed by atoms with Gasteiger partial charge in [-0.2, -0.15) is 0 Å². The van der Waals surface area contributed by atoms with Gasteiger partial charge in [0, 0.05) is 5.02 Å². The zero-order chi connectivity index (χ0) is 13.0. The molecule has 1 saturated heterocycles. The molecule has 1 N–H and O–H groups in total. The van der Waals surface area contributed by atoms with E-state index in [1.165, 1.54) is 7.11 Å². The van der Waals surface area contributed by atoms with Crippen molar-refractivity contribution in [1.82, 2.24) is 5.32 Å². The van der Waals surface area contributed by atoms with Crippen molar-refractivity contribution in [2.24, 2.45) is 5.92 Å². The first-order valence-electron chi connectivity index (χ1n) is 6.26. The van der Waals surface area contributed by atoms with E-state index in [2.05, 4.69) is 5.32 Å². The van der Waals surface area contributed by atoms with Crippen LogP contribution in [0.15, 0.2) is 24.3 Å². The Balaban J connectivity index is 2.23. The van der Waals surface area contributed by atoms with Crippen molar-refractivity contribution in [2.75, 3.05) is 20.2 Å². The normalized spacial score (nSPS) is 21.3. The van der Waals surface area contributed by atoms with Gasteiger partial charge in [0.15, 0.2) is 0 Å². The second-order valence-corrected chi connectivity index (χ2v) is 5.10. The van der Waals surface area contributed by atoms with Gasteiger partial charge in [-0.1, -0.05) is 23.7 Å². The molecule has 1 aromatic rings. The number of ether oxygens (including phenoxy) is 1. The van der Waals surface area contributed by atoms with Gasteiger partial charge in [-0.05, 0) is 49.5 Å². The van der Waals surface area contributed by atoms with Gasteiger partial charge in [-0.3, -0.25) is 4.79 Å². The lowest BCUT2D eigenvalue weighted by molar-refractivity contribution is -0.144. The molecule has 0 bridgehead atoms. The summed E-state index contributed by atoms with van der Waals surface area (Å²) in [6.45, 7) is 1.90. The van der Waals surface area contributed by atoms with E-state index in [0.29, 0.717) is 10.9 Å². The Morgan fingerprint density at radius 3 is 2.72 bits per heavy atom. The van der Waals surface area contributed by atoms with Crippen molar-refractivity contribution in [2.45, 2.75) is 18.8 Å². The lowest BCUT2D eigenvalue weighted by Crippen LogP contribution is -2.36. The van der Waals surface area contributed by atoms with Crippen molar-refractivity contribution >= 4 is 17.6 Å². The number of carbonyl (C=O) groups is 1. The Kier molecular flexibility index (Phi) is 4.61. The van der Waals surface area contributed by atoms with Gasteiger partial charge < -0.3 is 10.1 Å². The summed E-state index contributed by atoms with van der Waals surface area (Å²) in [5.41, 5.74) is 0.986. The van der Waals surface area contributed by atoms with Crippen LogP contribution in [0, 0.1) is 5.92 Å². The fourth-order valence-corrected chi connectivity index (χ4v) is 2.69. The molecule has 1 aromatic carbocycles.